The lowest BCUT2D eigenvalue weighted by atomic mass is 10.1. The van der Waals surface area contributed by atoms with Crippen molar-refractivity contribution in [3.05, 3.63) is 35.5 Å². The number of pyridine rings is 1. The molecular formula is C21H22ClFN4O2. The number of carbonyl (C=O) groups excluding carboxylic acids is 1. The maximum absolute atomic E-state index is 13.6. The van der Waals surface area contributed by atoms with Crippen LogP contribution in [0, 0.1) is 11.3 Å². The van der Waals surface area contributed by atoms with E-state index in [1.54, 1.807) is 12.3 Å². The summed E-state index contributed by atoms with van der Waals surface area (Å²) < 4.78 is 19.8. The van der Waals surface area contributed by atoms with Gasteiger partial charge < -0.3 is 9.64 Å². The van der Waals surface area contributed by atoms with Gasteiger partial charge in [0.2, 0.25) is 5.91 Å². The Balaban J connectivity index is 1.33. The van der Waals surface area contributed by atoms with Crippen LogP contribution in [0.1, 0.15) is 19.3 Å². The first kappa shape index (κ1) is 19.9. The fourth-order valence-electron chi connectivity index (χ4n) is 4.03. The lowest BCUT2D eigenvalue weighted by molar-refractivity contribution is -0.133. The van der Waals surface area contributed by atoms with E-state index < -0.39 is 12.2 Å². The zero-order valence-corrected chi connectivity index (χ0v) is 16.7. The molecule has 2 aliphatic heterocycles. The average molecular weight is 417 g/mol. The first-order valence-electron chi connectivity index (χ1n) is 9.80. The fourth-order valence-corrected chi connectivity index (χ4v) is 4.20. The van der Waals surface area contributed by atoms with Gasteiger partial charge in [-0.1, -0.05) is 11.6 Å². The Morgan fingerprint density at radius 3 is 2.90 bits per heavy atom. The number of fused-ring (bicyclic) bond motifs is 1. The first-order chi connectivity index (χ1) is 14.0. The molecule has 1 aromatic carbocycles. The summed E-state index contributed by atoms with van der Waals surface area (Å²) in [4.78, 5) is 20.3. The van der Waals surface area contributed by atoms with E-state index in [-0.39, 0.29) is 31.5 Å². The number of hydrogen-bond acceptors (Lipinski definition) is 5. The lowest BCUT2D eigenvalue weighted by Gasteiger charge is -2.33. The van der Waals surface area contributed by atoms with E-state index in [2.05, 4.69) is 4.98 Å². The predicted molar refractivity (Wildman–Crippen MR) is 107 cm³/mol. The number of ether oxygens (including phenoxy) is 1. The van der Waals surface area contributed by atoms with Crippen molar-refractivity contribution in [2.45, 2.75) is 37.6 Å². The Labute approximate surface area is 173 Å². The Morgan fingerprint density at radius 1 is 1.34 bits per heavy atom. The maximum atomic E-state index is 13.6. The van der Waals surface area contributed by atoms with E-state index in [0.29, 0.717) is 18.1 Å². The van der Waals surface area contributed by atoms with Gasteiger partial charge in [0.25, 0.3) is 0 Å². The van der Waals surface area contributed by atoms with E-state index in [9.17, 15) is 9.18 Å². The summed E-state index contributed by atoms with van der Waals surface area (Å²) >= 11 is 6.12. The third-order valence-corrected chi connectivity index (χ3v) is 5.81. The molecule has 0 saturated carbocycles. The number of alkyl halides is 1. The summed E-state index contributed by atoms with van der Waals surface area (Å²) in [6.45, 7) is 1.66. The molecule has 0 radical (unpaired) electrons. The van der Waals surface area contributed by atoms with Gasteiger partial charge >= 0.3 is 0 Å². The Bertz CT molecular complexity index is 942. The molecule has 1 aromatic heterocycles. The molecule has 0 N–H and O–H groups in total. The number of nitriles is 1. The number of benzene rings is 1. The van der Waals surface area contributed by atoms with Crippen molar-refractivity contribution in [1.82, 2.24) is 14.8 Å². The summed E-state index contributed by atoms with van der Waals surface area (Å²) in [7, 11) is 0. The van der Waals surface area contributed by atoms with Crippen LogP contribution in [0.15, 0.2) is 30.5 Å². The molecule has 2 atom stereocenters. The number of piperidine rings is 1. The van der Waals surface area contributed by atoms with Crippen LogP contribution in [0.3, 0.4) is 0 Å². The second kappa shape index (κ2) is 8.52. The third kappa shape index (κ3) is 4.44. The fraction of sp³-hybridized carbons (Fsp3) is 0.476. The normalized spacial score (nSPS) is 23.3. The van der Waals surface area contributed by atoms with Gasteiger partial charge in [-0.2, -0.15) is 5.26 Å². The molecule has 2 aliphatic rings. The van der Waals surface area contributed by atoms with Crippen LogP contribution in [0.5, 0.6) is 5.75 Å². The summed E-state index contributed by atoms with van der Waals surface area (Å²) in [5.74, 6) is 0.584. The van der Waals surface area contributed by atoms with Crippen LogP contribution in [0.2, 0.25) is 5.02 Å². The number of nitrogens with zero attached hydrogens (tertiary/aromatic N) is 4. The number of hydrogen-bond donors (Lipinski definition) is 0. The van der Waals surface area contributed by atoms with Gasteiger partial charge in [0.15, 0.2) is 0 Å². The van der Waals surface area contributed by atoms with Crippen molar-refractivity contribution < 1.29 is 13.9 Å². The highest BCUT2D eigenvalue weighted by Crippen LogP contribution is 2.29. The number of likely N-dealkylation sites (tertiary alicyclic amines) is 2. The predicted octanol–water partition coefficient (Wildman–Crippen LogP) is 3.19. The molecule has 8 heteroatoms. The summed E-state index contributed by atoms with van der Waals surface area (Å²) in [5.41, 5.74) is 0.832. The molecule has 3 heterocycles. The van der Waals surface area contributed by atoms with Crippen molar-refractivity contribution in [3.8, 4) is 11.8 Å². The molecule has 2 aromatic rings. The minimum Gasteiger partial charge on any atom is -0.490 e. The van der Waals surface area contributed by atoms with E-state index in [1.165, 1.54) is 4.90 Å². The number of carbonyl (C=O) groups is 1. The van der Waals surface area contributed by atoms with Gasteiger partial charge in [0.05, 0.1) is 24.7 Å². The van der Waals surface area contributed by atoms with Crippen molar-refractivity contribution in [2.75, 3.05) is 26.2 Å². The minimum atomic E-state index is -1.11. The van der Waals surface area contributed by atoms with Crippen molar-refractivity contribution >= 4 is 28.4 Å². The van der Waals surface area contributed by atoms with Crippen LogP contribution in [0.4, 0.5) is 4.39 Å². The van der Waals surface area contributed by atoms with Crippen molar-refractivity contribution in [1.29, 1.82) is 5.26 Å². The van der Waals surface area contributed by atoms with Crippen molar-refractivity contribution in [2.24, 2.45) is 0 Å². The van der Waals surface area contributed by atoms with Crippen LogP contribution in [-0.2, 0) is 4.79 Å². The zero-order chi connectivity index (χ0) is 20.4. The highest BCUT2D eigenvalue weighted by Gasteiger charge is 2.36. The minimum absolute atomic E-state index is 0.0221. The summed E-state index contributed by atoms with van der Waals surface area (Å²) in [6, 6.07) is 8.75. The second-order valence-corrected chi connectivity index (χ2v) is 8.02. The highest BCUT2D eigenvalue weighted by molar-refractivity contribution is 6.31. The van der Waals surface area contributed by atoms with E-state index in [4.69, 9.17) is 21.6 Å². The van der Waals surface area contributed by atoms with E-state index >= 15 is 0 Å². The first-order valence-corrected chi connectivity index (χ1v) is 10.2. The number of halogens is 2. The quantitative estimate of drug-likeness (QED) is 0.765. The molecule has 0 bridgehead atoms. The molecule has 2 saturated heterocycles. The van der Waals surface area contributed by atoms with Gasteiger partial charge in [-0.05, 0) is 37.1 Å². The Hall–Kier alpha value is -2.43. The molecule has 0 spiro atoms. The van der Waals surface area contributed by atoms with Gasteiger partial charge in [0, 0.05) is 36.1 Å². The molecule has 29 heavy (non-hydrogen) atoms. The van der Waals surface area contributed by atoms with Crippen LogP contribution in [0.25, 0.3) is 10.9 Å². The van der Waals surface area contributed by atoms with Gasteiger partial charge in [-0.3, -0.25) is 14.7 Å². The van der Waals surface area contributed by atoms with Crippen LogP contribution >= 0.6 is 11.6 Å². The highest BCUT2D eigenvalue weighted by atomic mass is 35.5. The smallest absolute Gasteiger partial charge is 0.237 e. The SMILES string of the molecule is N#CC1C[C@H](F)CN1C(=O)CN1CCC(Oc2ccnc3ccc(Cl)cc23)CC1. The van der Waals surface area contributed by atoms with E-state index in [0.717, 1.165) is 29.5 Å². The van der Waals surface area contributed by atoms with Crippen LogP contribution in [-0.4, -0.2) is 65.2 Å². The topological polar surface area (TPSA) is 69.5 Å². The maximum Gasteiger partial charge on any atom is 0.237 e. The summed E-state index contributed by atoms with van der Waals surface area (Å²) in [6.07, 6.45) is 2.34. The number of rotatable bonds is 4. The molecule has 4 rings (SSSR count). The average Bonchev–Trinajstić information content (AvgIpc) is 3.11. The number of aromatic nitrogens is 1. The molecule has 6 nitrogen and oxygen atoms in total. The molecule has 0 aliphatic carbocycles. The Morgan fingerprint density at radius 2 is 2.14 bits per heavy atom. The lowest BCUT2D eigenvalue weighted by Crippen LogP contribution is -2.46. The molecular weight excluding hydrogens is 395 g/mol. The molecule has 1 amide bonds. The van der Waals surface area contributed by atoms with Gasteiger partial charge in [0.1, 0.15) is 24.1 Å². The molecule has 2 fully saturated rings. The standard InChI is InChI=1S/C21H22ClFN4O2/c22-14-1-2-19-18(9-14)20(3-6-25-19)29-17-4-7-26(8-5-17)13-21(28)27-12-15(23)10-16(27)11-24/h1-3,6,9,15-17H,4-5,7-8,10,12-13H2/t15-,16?/m0/s1. The van der Waals surface area contributed by atoms with Gasteiger partial charge in [-0.25, -0.2) is 4.39 Å². The monoisotopic (exact) mass is 416 g/mol. The largest absolute Gasteiger partial charge is 0.490 e. The number of amides is 1. The molecule has 1 unspecified atom stereocenters. The van der Waals surface area contributed by atoms with E-state index in [1.807, 2.05) is 29.2 Å². The Kier molecular flexibility index (Phi) is 5.84. The van der Waals surface area contributed by atoms with Crippen molar-refractivity contribution in [3.63, 3.8) is 0 Å². The zero-order valence-electron chi connectivity index (χ0n) is 15.9. The second-order valence-electron chi connectivity index (χ2n) is 7.59. The molecule has 152 valence electrons. The summed E-state index contributed by atoms with van der Waals surface area (Å²) in [5, 5.41) is 10.6. The van der Waals surface area contributed by atoms with Crippen LogP contribution < -0.4 is 4.74 Å². The van der Waals surface area contributed by atoms with Gasteiger partial charge in [-0.15, -0.1) is 0 Å². The third-order valence-electron chi connectivity index (χ3n) is 5.57.